The SMILES string of the molecule is O=C1N[C@H](CO)[C@H](c2ccc([N+](=O)[O-])cc2)O1. The minimum Gasteiger partial charge on any atom is -0.439 e. The van der Waals surface area contributed by atoms with Crippen LogP contribution in [-0.2, 0) is 4.74 Å². The molecule has 2 rings (SSSR count). The van der Waals surface area contributed by atoms with Gasteiger partial charge in [-0.3, -0.25) is 10.1 Å². The fraction of sp³-hybridized carbons (Fsp3) is 0.300. The van der Waals surface area contributed by atoms with Crippen LogP contribution in [0.4, 0.5) is 10.5 Å². The highest BCUT2D eigenvalue weighted by Gasteiger charge is 2.34. The average Bonchev–Trinajstić information content (AvgIpc) is 2.70. The lowest BCUT2D eigenvalue weighted by atomic mass is 10.0. The van der Waals surface area contributed by atoms with Crippen LogP contribution in [0.15, 0.2) is 24.3 Å². The Hall–Kier alpha value is -2.15. The zero-order valence-corrected chi connectivity index (χ0v) is 8.70. The summed E-state index contributed by atoms with van der Waals surface area (Å²) >= 11 is 0. The number of nitro groups is 1. The lowest BCUT2D eigenvalue weighted by molar-refractivity contribution is -0.384. The van der Waals surface area contributed by atoms with E-state index in [0.29, 0.717) is 5.56 Å². The molecule has 17 heavy (non-hydrogen) atoms. The Balaban J connectivity index is 2.22. The molecule has 0 radical (unpaired) electrons. The molecule has 1 aliphatic heterocycles. The van der Waals surface area contributed by atoms with E-state index in [9.17, 15) is 14.9 Å². The van der Waals surface area contributed by atoms with Gasteiger partial charge in [-0.05, 0) is 17.7 Å². The summed E-state index contributed by atoms with van der Waals surface area (Å²) in [5.41, 5.74) is 0.569. The van der Waals surface area contributed by atoms with E-state index in [-0.39, 0.29) is 12.3 Å². The van der Waals surface area contributed by atoms with Gasteiger partial charge in [-0.25, -0.2) is 4.79 Å². The molecular formula is C10H10N2O5. The molecule has 1 aromatic carbocycles. The average molecular weight is 238 g/mol. The van der Waals surface area contributed by atoms with E-state index in [2.05, 4.69) is 5.32 Å². The summed E-state index contributed by atoms with van der Waals surface area (Å²) in [4.78, 5) is 21.0. The number of nitro benzene ring substituents is 1. The number of cyclic esters (lactones) is 1. The highest BCUT2D eigenvalue weighted by atomic mass is 16.6. The van der Waals surface area contributed by atoms with Gasteiger partial charge in [-0.1, -0.05) is 0 Å². The molecule has 1 saturated heterocycles. The molecule has 0 aliphatic carbocycles. The molecule has 1 heterocycles. The number of aliphatic hydroxyl groups excluding tert-OH is 1. The number of carbonyl (C=O) groups excluding carboxylic acids is 1. The Bertz CT molecular complexity index is 445. The number of amides is 1. The van der Waals surface area contributed by atoms with Crippen LogP contribution in [0.5, 0.6) is 0 Å². The number of nitrogens with one attached hydrogen (secondary N) is 1. The van der Waals surface area contributed by atoms with Gasteiger partial charge in [0.25, 0.3) is 5.69 Å². The van der Waals surface area contributed by atoms with Gasteiger partial charge in [0.15, 0.2) is 6.10 Å². The number of hydrogen-bond acceptors (Lipinski definition) is 5. The van der Waals surface area contributed by atoms with Crippen molar-refractivity contribution in [3.8, 4) is 0 Å². The van der Waals surface area contributed by atoms with Gasteiger partial charge < -0.3 is 15.2 Å². The monoisotopic (exact) mass is 238 g/mol. The molecule has 7 nitrogen and oxygen atoms in total. The predicted octanol–water partition coefficient (Wildman–Crippen LogP) is 0.737. The quantitative estimate of drug-likeness (QED) is 0.597. The van der Waals surface area contributed by atoms with Crippen LogP contribution in [-0.4, -0.2) is 28.8 Å². The first kappa shape index (κ1) is 11.3. The minimum atomic E-state index is -0.617. The molecule has 1 fully saturated rings. The van der Waals surface area contributed by atoms with E-state index < -0.39 is 23.2 Å². The van der Waals surface area contributed by atoms with Gasteiger partial charge >= 0.3 is 6.09 Å². The molecule has 2 atom stereocenters. The third-order valence-electron chi connectivity index (χ3n) is 2.53. The Kier molecular flexibility index (Phi) is 2.92. The number of hydrogen-bond donors (Lipinski definition) is 2. The number of non-ortho nitro benzene ring substituents is 1. The number of carbonyl (C=O) groups is 1. The molecule has 0 bridgehead atoms. The molecule has 7 heteroatoms. The Morgan fingerprint density at radius 3 is 2.59 bits per heavy atom. The van der Waals surface area contributed by atoms with E-state index in [1.807, 2.05) is 0 Å². The number of benzene rings is 1. The van der Waals surface area contributed by atoms with Crippen LogP contribution in [0.25, 0.3) is 0 Å². The third-order valence-corrected chi connectivity index (χ3v) is 2.53. The number of nitrogens with zero attached hydrogens (tertiary/aromatic N) is 1. The third kappa shape index (κ3) is 2.18. The lowest BCUT2D eigenvalue weighted by Crippen LogP contribution is -2.31. The second kappa shape index (κ2) is 4.38. The van der Waals surface area contributed by atoms with Crippen molar-refractivity contribution in [1.82, 2.24) is 5.32 Å². The highest BCUT2D eigenvalue weighted by Crippen LogP contribution is 2.27. The van der Waals surface area contributed by atoms with Crippen molar-refractivity contribution in [3.63, 3.8) is 0 Å². The number of aliphatic hydroxyl groups is 1. The summed E-state index contributed by atoms with van der Waals surface area (Å²) in [5.74, 6) is 0. The second-order valence-electron chi connectivity index (χ2n) is 3.61. The zero-order chi connectivity index (χ0) is 12.4. The van der Waals surface area contributed by atoms with E-state index in [4.69, 9.17) is 9.84 Å². The van der Waals surface area contributed by atoms with Crippen molar-refractivity contribution in [1.29, 1.82) is 0 Å². The van der Waals surface area contributed by atoms with Crippen LogP contribution in [0.2, 0.25) is 0 Å². The fourth-order valence-electron chi connectivity index (χ4n) is 1.69. The maximum absolute atomic E-state index is 11.0. The summed E-state index contributed by atoms with van der Waals surface area (Å²) in [6, 6.07) is 5.15. The van der Waals surface area contributed by atoms with Gasteiger partial charge in [0.1, 0.15) is 0 Å². The van der Waals surface area contributed by atoms with Gasteiger partial charge in [0.05, 0.1) is 17.6 Å². The summed E-state index contributed by atoms with van der Waals surface area (Å²) in [6.07, 6.45) is -1.22. The van der Waals surface area contributed by atoms with Crippen LogP contribution in [0.3, 0.4) is 0 Å². The van der Waals surface area contributed by atoms with Gasteiger partial charge in [0.2, 0.25) is 0 Å². The van der Waals surface area contributed by atoms with Crippen LogP contribution in [0.1, 0.15) is 11.7 Å². The molecule has 0 unspecified atom stereocenters. The molecule has 1 amide bonds. The molecule has 0 aromatic heterocycles. The lowest BCUT2D eigenvalue weighted by Gasteiger charge is -2.14. The van der Waals surface area contributed by atoms with E-state index >= 15 is 0 Å². The standard InChI is InChI=1S/C10H10N2O5/c13-5-8-9(17-10(14)11-8)6-1-3-7(4-2-6)12(15)16/h1-4,8-9,13H,5H2,(H,11,14)/t8-,9+/m1/s1. The topological polar surface area (TPSA) is 102 Å². The summed E-state index contributed by atoms with van der Waals surface area (Å²) in [7, 11) is 0. The van der Waals surface area contributed by atoms with Crippen LogP contribution >= 0.6 is 0 Å². The normalized spacial score (nSPS) is 23.0. The first-order valence-electron chi connectivity index (χ1n) is 4.94. The summed E-state index contributed by atoms with van der Waals surface area (Å²) in [6.45, 7) is -0.257. The first-order valence-corrected chi connectivity index (χ1v) is 4.94. The van der Waals surface area contributed by atoms with Crippen molar-refractivity contribution in [2.75, 3.05) is 6.61 Å². The molecule has 90 valence electrons. The maximum atomic E-state index is 11.0. The Morgan fingerprint density at radius 2 is 2.06 bits per heavy atom. The van der Waals surface area contributed by atoms with Crippen LogP contribution < -0.4 is 5.32 Å². The molecule has 2 N–H and O–H groups in total. The van der Waals surface area contributed by atoms with Crippen LogP contribution in [0, 0.1) is 10.1 Å². The number of rotatable bonds is 3. The first-order chi connectivity index (χ1) is 8.11. The molecule has 1 aromatic rings. The predicted molar refractivity (Wildman–Crippen MR) is 56.3 cm³/mol. The molecular weight excluding hydrogens is 228 g/mol. The second-order valence-corrected chi connectivity index (χ2v) is 3.61. The molecule has 0 saturated carbocycles. The van der Waals surface area contributed by atoms with Crippen molar-refractivity contribution >= 4 is 11.8 Å². The summed E-state index contributed by atoms with van der Waals surface area (Å²) in [5, 5.41) is 22.0. The van der Waals surface area contributed by atoms with Crippen molar-refractivity contribution < 1.29 is 19.6 Å². The van der Waals surface area contributed by atoms with E-state index in [1.54, 1.807) is 0 Å². The minimum absolute atomic E-state index is 0.0356. The highest BCUT2D eigenvalue weighted by molar-refractivity contribution is 5.70. The van der Waals surface area contributed by atoms with E-state index in [1.165, 1.54) is 24.3 Å². The zero-order valence-electron chi connectivity index (χ0n) is 8.70. The number of alkyl carbamates (subject to hydrolysis) is 1. The van der Waals surface area contributed by atoms with Gasteiger partial charge in [-0.2, -0.15) is 0 Å². The Morgan fingerprint density at radius 1 is 1.41 bits per heavy atom. The largest absolute Gasteiger partial charge is 0.439 e. The molecule has 1 aliphatic rings. The smallest absolute Gasteiger partial charge is 0.408 e. The maximum Gasteiger partial charge on any atom is 0.408 e. The van der Waals surface area contributed by atoms with Gasteiger partial charge in [-0.15, -0.1) is 0 Å². The number of ether oxygens (including phenoxy) is 1. The molecule has 0 spiro atoms. The van der Waals surface area contributed by atoms with Gasteiger partial charge in [0, 0.05) is 12.1 Å². The Labute approximate surface area is 96.2 Å². The fourth-order valence-corrected chi connectivity index (χ4v) is 1.69. The van der Waals surface area contributed by atoms with Crippen molar-refractivity contribution in [3.05, 3.63) is 39.9 Å². The van der Waals surface area contributed by atoms with Crippen molar-refractivity contribution in [2.24, 2.45) is 0 Å². The van der Waals surface area contributed by atoms with E-state index in [0.717, 1.165) is 0 Å². The van der Waals surface area contributed by atoms with Crippen molar-refractivity contribution in [2.45, 2.75) is 12.1 Å². The summed E-state index contributed by atoms with van der Waals surface area (Å²) < 4.78 is 4.97.